The molecule has 3 nitrogen and oxygen atoms in total. The standard InChI is InChI=1S/C6H8O3/c1-2-3-4-5(7)6(8)9/h2-4,7H,1H3,(H,8,9)/b3-2-,5-4+. The predicted molar refractivity (Wildman–Crippen MR) is 33.2 cm³/mol. The Morgan fingerprint density at radius 3 is 2.33 bits per heavy atom. The predicted octanol–water partition coefficient (Wildman–Crippen LogP) is 1.09. The van der Waals surface area contributed by atoms with Crippen LogP contribution in [0.5, 0.6) is 0 Å². The van der Waals surface area contributed by atoms with Gasteiger partial charge < -0.3 is 10.2 Å². The van der Waals surface area contributed by atoms with Crippen LogP contribution in [0.4, 0.5) is 0 Å². The number of carbonyl (C=O) groups is 1. The molecule has 3 heteroatoms. The second-order valence-electron chi connectivity index (χ2n) is 1.38. The van der Waals surface area contributed by atoms with Gasteiger partial charge in [0.1, 0.15) is 0 Å². The van der Waals surface area contributed by atoms with Crippen LogP contribution in [0.3, 0.4) is 0 Å². The molecule has 0 aliphatic rings. The molecule has 0 heterocycles. The summed E-state index contributed by atoms with van der Waals surface area (Å²) >= 11 is 0. The maximum atomic E-state index is 9.85. The molecule has 0 fully saturated rings. The van der Waals surface area contributed by atoms with Gasteiger partial charge in [-0.15, -0.1) is 0 Å². The highest BCUT2D eigenvalue weighted by Gasteiger charge is 1.98. The largest absolute Gasteiger partial charge is 0.502 e. The molecule has 0 atom stereocenters. The third-order valence-corrected chi connectivity index (χ3v) is 0.666. The minimum absolute atomic E-state index is 0.645. The molecule has 0 rings (SSSR count). The van der Waals surface area contributed by atoms with Crippen molar-refractivity contribution in [2.45, 2.75) is 6.92 Å². The van der Waals surface area contributed by atoms with Crippen LogP contribution in [-0.2, 0) is 4.79 Å². The second kappa shape index (κ2) is 3.72. The van der Waals surface area contributed by atoms with Gasteiger partial charge in [-0.25, -0.2) is 4.79 Å². The smallest absolute Gasteiger partial charge is 0.370 e. The molecule has 0 unspecified atom stereocenters. The zero-order valence-corrected chi connectivity index (χ0v) is 5.03. The van der Waals surface area contributed by atoms with Crippen LogP contribution >= 0.6 is 0 Å². The average molecular weight is 128 g/mol. The van der Waals surface area contributed by atoms with E-state index in [1.807, 2.05) is 0 Å². The van der Waals surface area contributed by atoms with Crippen molar-refractivity contribution in [1.82, 2.24) is 0 Å². The Labute approximate surface area is 52.9 Å². The third-order valence-electron chi connectivity index (χ3n) is 0.666. The van der Waals surface area contributed by atoms with E-state index >= 15 is 0 Å². The topological polar surface area (TPSA) is 57.5 Å². The number of aliphatic carboxylic acids is 1. The number of carboxylic acids is 1. The maximum absolute atomic E-state index is 9.85. The summed E-state index contributed by atoms with van der Waals surface area (Å²) in [5.74, 6) is -1.96. The van der Waals surface area contributed by atoms with Gasteiger partial charge in [-0.3, -0.25) is 0 Å². The van der Waals surface area contributed by atoms with Gasteiger partial charge in [0.25, 0.3) is 0 Å². The van der Waals surface area contributed by atoms with E-state index in [4.69, 9.17) is 10.2 Å². The quantitative estimate of drug-likeness (QED) is 0.332. The van der Waals surface area contributed by atoms with Crippen molar-refractivity contribution in [3.8, 4) is 0 Å². The van der Waals surface area contributed by atoms with Crippen LogP contribution in [-0.4, -0.2) is 16.2 Å². The Kier molecular flexibility index (Phi) is 3.20. The van der Waals surface area contributed by atoms with Crippen molar-refractivity contribution in [3.63, 3.8) is 0 Å². The lowest BCUT2D eigenvalue weighted by Gasteiger charge is -1.85. The van der Waals surface area contributed by atoms with E-state index in [9.17, 15) is 4.79 Å². The van der Waals surface area contributed by atoms with E-state index in [0.29, 0.717) is 0 Å². The van der Waals surface area contributed by atoms with Crippen LogP contribution in [0, 0.1) is 0 Å². The highest BCUT2D eigenvalue weighted by atomic mass is 16.4. The van der Waals surface area contributed by atoms with Crippen molar-refractivity contribution in [2.24, 2.45) is 0 Å². The molecule has 0 aromatic rings. The Morgan fingerprint density at radius 1 is 1.44 bits per heavy atom. The highest BCUT2D eigenvalue weighted by Crippen LogP contribution is 1.87. The molecule has 2 N–H and O–H groups in total. The summed E-state index contributed by atoms with van der Waals surface area (Å²) in [7, 11) is 0. The normalized spacial score (nSPS) is 12.3. The van der Waals surface area contributed by atoms with Gasteiger partial charge in [-0.1, -0.05) is 12.2 Å². The minimum Gasteiger partial charge on any atom is -0.502 e. The highest BCUT2D eigenvalue weighted by molar-refractivity contribution is 5.83. The molecular formula is C6H8O3. The van der Waals surface area contributed by atoms with Crippen molar-refractivity contribution < 1.29 is 15.0 Å². The molecule has 0 bridgehead atoms. The number of aliphatic hydroxyl groups excluding tert-OH is 1. The molecule has 0 saturated heterocycles. The molecule has 0 aromatic heterocycles. The first-order chi connectivity index (χ1) is 4.18. The summed E-state index contributed by atoms with van der Waals surface area (Å²) in [5, 5.41) is 16.5. The monoisotopic (exact) mass is 128 g/mol. The van der Waals surface area contributed by atoms with Gasteiger partial charge in [-0.2, -0.15) is 0 Å². The molecular weight excluding hydrogens is 120 g/mol. The van der Waals surface area contributed by atoms with Gasteiger partial charge in [0.2, 0.25) is 5.76 Å². The fraction of sp³-hybridized carbons (Fsp3) is 0.167. The Bertz CT molecular complexity index is 156. The number of carboxylic acid groups (broad SMARTS) is 1. The van der Waals surface area contributed by atoms with E-state index in [2.05, 4.69) is 0 Å². The molecule has 0 aliphatic carbocycles. The molecule has 0 saturated carbocycles. The molecule has 0 aromatic carbocycles. The van der Waals surface area contributed by atoms with E-state index in [0.717, 1.165) is 6.08 Å². The van der Waals surface area contributed by atoms with E-state index in [1.54, 1.807) is 13.0 Å². The number of hydrogen-bond donors (Lipinski definition) is 2. The fourth-order valence-electron chi connectivity index (χ4n) is 0.259. The summed E-state index contributed by atoms with van der Waals surface area (Å²) in [4.78, 5) is 9.85. The first kappa shape index (κ1) is 7.75. The molecule has 0 amide bonds. The number of hydrogen-bond acceptors (Lipinski definition) is 2. The maximum Gasteiger partial charge on any atom is 0.370 e. The Morgan fingerprint density at radius 2 is 2.00 bits per heavy atom. The first-order valence-corrected chi connectivity index (χ1v) is 2.43. The van der Waals surface area contributed by atoms with Crippen molar-refractivity contribution in [3.05, 3.63) is 24.0 Å². The van der Waals surface area contributed by atoms with Crippen LogP contribution in [0.1, 0.15) is 6.92 Å². The van der Waals surface area contributed by atoms with Crippen LogP contribution in [0.2, 0.25) is 0 Å². The second-order valence-corrected chi connectivity index (χ2v) is 1.38. The zero-order valence-electron chi connectivity index (χ0n) is 5.03. The first-order valence-electron chi connectivity index (χ1n) is 2.43. The van der Waals surface area contributed by atoms with E-state index in [1.165, 1.54) is 6.08 Å². The van der Waals surface area contributed by atoms with E-state index in [-0.39, 0.29) is 0 Å². The lowest BCUT2D eigenvalue weighted by atomic mass is 10.4. The summed E-state index contributed by atoms with van der Waals surface area (Å²) < 4.78 is 0. The Hall–Kier alpha value is -1.25. The summed E-state index contributed by atoms with van der Waals surface area (Å²) in [6.07, 6.45) is 4.19. The van der Waals surface area contributed by atoms with Crippen molar-refractivity contribution >= 4 is 5.97 Å². The molecule has 0 radical (unpaired) electrons. The zero-order chi connectivity index (χ0) is 7.28. The number of rotatable bonds is 2. The number of allylic oxidation sites excluding steroid dienone is 3. The minimum atomic E-state index is -1.31. The van der Waals surface area contributed by atoms with Gasteiger partial charge in [0, 0.05) is 0 Å². The summed E-state index contributed by atoms with van der Waals surface area (Å²) in [5.41, 5.74) is 0. The number of aliphatic hydroxyl groups is 1. The van der Waals surface area contributed by atoms with E-state index < -0.39 is 11.7 Å². The molecule has 9 heavy (non-hydrogen) atoms. The van der Waals surface area contributed by atoms with Gasteiger partial charge in [0.15, 0.2) is 0 Å². The molecule has 0 spiro atoms. The van der Waals surface area contributed by atoms with Crippen LogP contribution in [0.15, 0.2) is 24.0 Å². The summed E-state index contributed by atoms with van der Waals surface area (Å²) in [6.45, 7) is 1.73. The fourth-order valence-corrected chi connectivity index (χ4v) is 0.259. The van der Waals surface area contributed by atoms with Gasteiger partial charge in [0.05, 0.1) is 0 Å². The van der Waals surface area contributed by atoms with Crippen molar-refractivity contribution in [1.29, 1.82) is 0 Å². The Balaban J connectivity index is 4.00. The van der Waals surface area contributed by atoms with Gasteiger partial charge in [-0.05, 0) is 13.0 Å². The van der Waals surface area contributed by atoms with Gasteiger partial charge >= 0.3 is 5.97 Å². The van der Waals surface area contributed by atoms with Crippen LogP contribution < -0.4 is 0 Å². The lowest BCUT2D eigenvalue weighted by Crippen LogP contribution is -1.97. The third kappa shape index (κ3) is 3.34. The molecule has 0 aliphatic heterocycles. The summed E-state index contributed by atoms with van der Waals surface area (Å²) in [6, 6.07) is 0. The van der Waals surface area contributed by atoms with Crippen LogP contribution in [0.25, 0.3) is 0 Å². The SMILES string of the molecule is C/C=C\C=C(\O)C(=O)O. The van der Waals surface area contributed by atoms with Crippen molar-refractivity contribution in [2.75, 3.05) is 0 Å². The lowest BCUT2D eigenvalue weighted by molar-refractivity contribution is -0.135. The molecule has 50 valence electrons. The average Bonchev–Trinajstić information content (AvgIpc) is 1.82.